The zero-order valence-electron chi connectivity index (χ0n) is 16.9. The molecule has 1 heterocycles. The fourth-order valence-corrected chi connectivity index (χ4v) is 2.88. The fourth-order valence-electron chi connectivity index (χ4n) is 2.88. The van der Waals surface area contributed by atoms with Gasteiger partial charge in [-0.05, 0) is 53.8 Å². The highest BCUT2D eigenvalue weighted by molar-refractivity contribution is 6.31. The Balaban J connectivity index is 1.48. The third-order valence-electron chi connectivity index (χ3n) is 4.82. The Hall–Kier alpha value is -3.61. The Labute approximate surface area is 175 Å². The van der Waals surface area contributed by atoms with Crippen LogP contribution in [-0.4, -0.2) is 31.1 Å². The molecule has 4 amide bonds. The Morgan fingerprint density at radius 1 is 0.833 bits per heavy atom. The van der Waals surface area contributed by atoms with Gasteiger partial charge in [0.1, 0.15) is 30.3 Å². The minimum atomic E-state index is -0.820. The van der Waals surface area contributed by atoms with Gasteiger partial charge in [-0.25, -0.2) is 4.79 Å². The molecule has 0 saturated carbocycles. The summed E-state index contributed by atoms with van der Waals surface area (Å²) < 4.78 is 11.4. The molecule has 3 rings (SSSR count). The summed E-state index contributed by atoms with van der Waals surface area (Å²) in [5.41, 5.74) is 1.80. The van der Waals surface area contributed by atoms with Gasteiger partial charge in [0.15, 0.2) is 0 Å². The number of benzene rings is 2. The minimum absolute atomic E-state index is 0.129. The number of carbonyl (C=O) groups excluding carboxylic acids is 3. The number of ether oxygens (including phenoxy) is 2. The van der Waals surface area contributed by atoms with E-state index >= 15 is 0 Å². The van der Waals surface area contributed by atoms with Crippen LogP contribution >= 0.6 is 0 Å². The standard InChI is InChI=1S/C23H24N2O5/c1-3-15(2)17-6-10-19(11-7-17)30-13-12-29-18-8-4-16(5-9-18)14-20-21(26)24-23(28)25-22(20)27/h4-11,14-15H,3,12-13H2,1-2H3,(H2,24,25,26,27,28)/t15-/m1/s1. The molecule has 1 aliphatic rings. The summed E-state index contributed by atoms with van der Waals surface area (Å²) in [5, 5.41) is 4.07. The fraction of sp³-hybridized carbons (Fsp3) is 0.261. The van der Waals surface area contributed by atoms with E-state index in [-0.39, 0.29) is 5.57 Å². The molecule has 0 radical (unpaired) electrons. The molecule has 1 saturated heterocycles. The number of nitrogens with one attached hydrogen (secondary N) is 2. The van der Waals surface area contributed by atoms with Crippen molar-refractivity contribution < 1.29 is 23.9 Å². The highest BCUT2D eigenvalue weighted by atomic mass is 16.5. The van der Waals surface area contributed by atoms with Crippen molar-refractivity contribution in [3.8, 4) is 11.5 Å². The molecule has 30 heavy (non-hydrogen) atoms. The molecule has 2 N–H and O–H groups in total. The van der Waals surface area contributed by atoms with E-state index < -0.39 is 17.8 Å². The molecule has 2 aromatic carbocycles. The molecular weight excluding hydrogens is 384 g/mol. The zero-order valence-corrected chi connectivity index (χ0v) is 16.9. The second-order valence-electron chi connectivity index (χ2n) is 6.94. The van der Waals surface area contributed by atoms with Crippen molar-refractivity contribution in [3.63, 3.8) is 0 Å². The molecule has 7 heteroatoms. The smallest absolute Gasteiger partial charge is 0.328 e. The lowest BCUT2D eigenvalue weighted by molar-refractivity contribution is -0.123. The van der Waals surface area contributed by atoms with Gasteiger partial charge in [-0.3, -0.25) is 20.2 Å². The molecule has 0 bridgehead atoms. The number of barbiturate groups is 1. The van der Waals surface area contributed by atoms with Gasteiger partial charge in [0, 0.05) is 0 Å². The van der Waals surface area contributed by atoms with Crippen molar-refractivity contribution in [1.82, 2.24) is 10.6 Å². The highest BCUT2D eigenvalue weighted by Gasteiger charge is 2.27. The maximum absolute atomic E-state index is 11.7. The Bertz CT molecular complexity index is 927. The predicted octanol–water partition coefficient (Wildman–Crippen LogP) is 3.41. The average molecular weight is 408 g/mol. The van der Waals surface area contributed by atoms with Gasteiger partial charge in [-0.2, -0.15) is 0 Å². The van der Waals surface area contributed by atoms with Crippen LogP contribution in [0.1, 0.15) is 37.3 Å². The highest BCUT2D eigenvalue weighted by Crippen LogP contribution is 2.21. The van der Waals surface area contributed by atoms with Crippen LogP contribution in [0.25, 0.3) is 6.08 Å². The summed E-state index contributed by atoms with van der Waals surface area (Å²) in [6, 6.07) is 14.2. The Morgan fingerprint density at radius 2 is 1.33 bits per heavy atom. The normalized spacial score (nSPS) is 14.6. The number of amides is 4. The second kappa shape index (κ2) is 9.73. The van der Waals surface area contributed by atoms with Crippen LogP contribution in [-0.2, 0) is 9.59 Å². The monoisotopic (exact) mass is 408 g/mol. The van der Waals surface area contributed by atoms with E-state index in [2.05, 4.69) is 26.0 Å². The van der Waals surface area contributed by atoms with Gasteiger partial charge >= 0.3 is 6.03 Å². The van der Waals surface area contributed by atoms with E-state index in [1.165, 1.54) is 11.6 Å². The molecule has 2 aromatic rings. The largest absolute Gasteiger partial charge is 0.490 e. The molecule has 0 spiro atoms. The lowest BCUT2D eigenvalue weighted by Crippen LogP contribution is -2.51. The lowest BCUT2D eigenvalue weighted by Gasteiger charge is -2.14. The van der Waals surface area contributed by atoms with Gasteiger partial charge in [-0.15, -0.1) is 0 Å². The number of urea groups is 1. The summed E-state index contributed by atoms with van der Waals surface area (Å²) in [6.07, 6.45) is 2.51. The first-order chi connectivity index (χ1) is 14.5. The number of rotatable bonds is 8. The van der Waals surface area contributed by atoms with E-state index in [1.807, 2.05) is 22.8 Å². The Kier molecular flexibility index (Phi) is 6.85. The first-order valence-electron chi connectivity index (χ1n) is 9.80. The van der Waals surface area contributed by atoms with E-state index in [4.69, 9.17) is 9.47 Å². The summed E-state index contributed by atoms with van der Waals surface area (Å²) in [5.74, 6) is 0.526. The summed E-state index contributed by atoms with van der Waals surface area (Å²) in [7, 11) is 0. The van der Waals surface area contributed by atoms with Gasteiger partial charge in [0.2, 0.25) is 0 Å². The second-order valence-corrected chi connectivity index (χ2v) is 6.94. The van der Waals surface area contributed by atoms with E-state index in [0.29, 0.717) is 30.4 Å². The molecule has 1 atom stereocenters. The molecule has 0 aromatic heterocycles. The van der Waals surface area contributed by atoms with Crippen LogP contribution in [0.2, 0.25) is 0 Å². The SMILES string of the molecule is CC[C@@H](C)c1ccc(OCCOc2ccc(C=C3C(=O)NC(=O)NC3=O)cc2)cc1. The summed E-state index contributed by atoms with van der Waals surface area (Å²) >= 11 is 0. The molecule has 156 valence electrons. The van der Waals surface area contributed by atoms with Crippen LogP contribution in [0.3, 0.4) is 0 Å². The molecule has 1 fully saturated rings. The molecular formula is C23H24N2O5. The van der Waals surface area contributed by atoms with Gasteiger partial charge in [0.05, 0.1) is 0 Å². The quantitative estimate of drug-likeness (QED) is 0.397. The third-order valence-corrected chi connectivity index (χ3v) is 4.82. The predicted molar refractivity (Wildman–Crippen MR) is 112 cm³/mol. The molecule has 0 aliphatic carbocycles. The minimum Gasteiger partial charge on any atom is -0.490 e. The van der Waals surface area contributed by atoms with Crippen LogP contribution in [0.4, 0.5) is 4.79 Å². The van der Waals surface area contributed by atoms with E-state index in [9.17, 15) is 14.4 Å². The van der Waals surface area contributed by atoms with Crippen molar-refractivity contribution in [3.05, 3.63) is 65.2 Å². The number of hydrogen-bond donors (Lipinski definition) is 2. The lowest BCUT2D eigenvalue weighted by atomic mass is 9.99. The maximum Gasteiger partial charge on any atom is 0.328 e. The van der Waals surface area contributed by atoms with Gasteiger partial charge in [-0.1, -0.05) is 38.1 Å². The molecule has 0 unspecified atom stereocenters. The van der Waals surface area contributed by atoms with Crippen molar-refractivity contribution in [2.45, 2.75) is 26.2 Å². The van der Waals surface area contributed by atoms with Crippen LogP contribution in [0.15, 0.2) is 54.1 Å². The summed E-state index contributed by atoms with van der Waals surface area (Å²) in [4.78, 5) is 34.6. The Morgan fingerprint density at radius 3 is 1.83 bits per heavy atom. The van der Waals surface area contributed by atoms with Gasteiger partial charge < -0.3 is 9.47 Å². The first kappa shape index (κ1) is 21.1. The summed E-state index contributed by atoms with van der Waals surface area (Å²) in [6.45, 7) is 5.15. The average Bonchev–Trinajstić information content (AvgIpc) is 2.74. The first-order valence-corrected chi connectivity index (χ1v) is 9.80. The number of carbonyl (C=O) groups is 3. The van der Waals surface area contributed by atoms with Crippen LogP contribution in [0.5, 0.6) is 11.5 Å². The molecule has 1 aliphatic heterocycles. The maximum atomic E-state index is 11.7. The molecule has 7 nitrogen and oxygen atoms in total. The zero-order chi connectivity index (χ0) is 21.5. The van der Waals surface area contributed by atoms with Gasteiger partial charge in [0.25, 0.3) is 11.8 Å². The van der Waals surface area contributed by atoms with Crippen LogP contribution < -0.4 is 20.1 Å². The van der Waals surface area contributed by atoms with Crippen LogP contribution in [0, 0.1) is 0 Å². The van der Waals surface area contributed by atoms with E-state index in [0.717, 1.165) is 12.2 Å². The number of imide groups is 2. The number of hydrogen-bond acceptors (Lipinski definition) is 5. The third kappa shape index (κ3) is 5.47. The topological polar surface area (TPSA) is 93.7 Å². The van der Waals surface area contributed by atoms with Crippen molar-refractivity contribution in [1.29, 1.82) is 0 Å². The van der Waals surface area contributed by atoms with Crippen molar-refractivity contribution in [2.24, 2.45) is 0 Å². The van der Waals surface area contributed by atoms with E-state index in [1.54, 1.807) is 24.3 Å². The van der Waals surface area contributed by atoms with Crippen molar-refractivity contribution in [2.75, 3.05) is 13.2 Å². The van der Waals surface area contributed by atoms with Crippen molar-refractivity contribution >= 4 is 23.9 Å².